The Labute approximate surface area is 117 Å². The van der Waals surface area contributed by atoms with Crippen molar-refractivity contribution in [3.63, 3.8) is 0 Å². The van der Waals surface area contributed by atoms with Crippen molar-refractivity contribution in [3.05, 3.63) is 33.9 Å². The average molecular weight is 330 g/mol. The normalized spacial score (nSPS) is 10.2. The lowest BCUT2D eigenvalue weighted by atomic mass is 10.3. The summed E-state index contributed by atoms with van der Waals surface area (Å²) in [6.07, 6.45) is 1.58. The summed E-state index contributed by atoms with van der Waals surface area (Å²) in [6.45, 7) is 0. The van der Waals surface area contributed by atoms with Crippen LogP contribution in [0, 0.1) is 0 Å². The summed E-state index contributed by atoms with van der Waals surface area (Å²) >= 11 is 9.29. The van der Waals surface area contributed by atoms with Gasteiger partial charge < -0.3 is 15.8 Å². The van der Waals surface area contributed by atoms with Crippen LogP contribution in [0.15, 0.2) is 28.9 Å². The van der Waals surface area contributed by atoms with E-state index in [2.05, 4.69) is 31.2 Å². The zero-order valence-electron chi connectivity index (χ0n) is 9.45. The molecule has 1 aromatic heterocycles. The molecule has 0 unspecified atom stereocenters. The van der Waals surface area contributed by atoms with Gasteiger partial charge in [0.1, 0.15) is 11.6 Å². The minimum Gasteiger partial charge on any atom is -0.495 e. The van der Waals surface area contributed by atoms with Crippen molar-refractivity contribution in [1.29, 1.82) is 0 Å². The Kier molecular flexibility index (Phi) is 3.88. The summed E-state index contributed by atoms with van der Waals surface area (Å²) in [7, 11) is 1.56. The SMILES string of the molecule is COc1cc(Nc2nc(N)ncc2Br)ccc1Cl. The summed E-state index contributed by atoms with van der Waals surface area (Å²) in [5.74, 6) is 1.35. The van der Waals surface area contributed by atoms with Crippen LogP contribution in [0.2, 0.25) is 5.02 Å². The molecule has 2 aromatic rings. The maximum atomic E-state index is 5.95. The molecule has 0 spiro atoms. The van der Waals surface area contributed by atoms with Crippen LogP contribution in [0.3, 0.4) is 0 Å². The zero-order valence-corrected chi connectivity index (χ0v) is 11.8. The predicted octanol–water partition coefficient (Wildman–Crippen LogP) is 3.23. The molecule has 1 aromatic carbocycles. The van der Waals surface area contributed by atoms with E-state index in [4.69, 9.17) is 22.1 Å². The van der Waals surface area contributed by atoms with E-state index < -0.39 is 0 Å². The van der Waals surface area contributed by atoms with Gasteiger partial charge in [-0.25, -0.2) is 4.98 Å². The molecule has 7 heteroatoms. The number of nitrogens with one attached hydrogen (secondary N) is 1. The van der Waals surface area contributed by atoms with Gasteiger partial charge in [0.2, 0.25) is 5.95 Å². The number of methoxy groups -OCH3 is 1. The van der Waals surface area contributed by atoms with Gasteiger partial charge in [-0.1, -0.05) is 11.6 Å². The lowest BCUT2D eigenvalue weighted by Crippen LogP contribution is -2.00. The molecule has 18 heavy (non-hydrogen) atoms. The third-order valence-corrected chi connectivity index (χ3v) is 3.07. The number of nitrogens with two attached hydrogens (primary N) is 1. The summed E-state index contributed by atoms with van der Waals surface area (Å²) in [5, 5.41) is 3.64. The van der Waals surface area contributed by atoms with E-state index in [9.17, 15) is 0 Å². The van der Waals surface area contributed by atoms with Crippen LogP contribution in [-0.4, -0.2) is 17.1 Å². The van der Waals surface area contributed by atoms with Crippen molar-refractivity contribution in [2.75, 3.05) is 18.2 Å². The van der Waals surface area contributed by atoms with Crippen LogP contribution >= 0.6 is 27.5 Å². The van der Waals surface area contributed by atoms with Crippen molar-refractivity contribution in [2.24, 2.45) is 0 Å². The smallest absolute Gasteiger partial charge is 0.222 e. The maximum absolute atomic E-state index is 5.95. The fourth-order valence-corrected chi connectivity index (χ4v) is 1.83. The third kappa shape index (κ3) is 2.83. The van der Waals surface area contributed by atoms with Crippen LogP contribution in [0.4, 0.5) is 17.5 Å². The fourth-order valence-electron chi connectivity index (χ4n) is 1.34. The third-order valence-electron chi connectivity index (χ3n) is 2.18. The second-order valence-electron chi connectivity index (χ2n) is 3.40. The Balaban J connectivity index is 2.31. The van der Waals surface area contributed by atoms with Crippen LogP contribution in [-0.2, 0) is 0 Å². The first-order valence-corrected chi connectivity index (χ1v) is 6.16. The molecule has 0 saturated carbocycles. The Bertz CT molecular complexity index is 579. The molecule has 0 aliphatic rings. The van der Waals surface area contributed by atoms with Crippen LogP contribution in [0.5, 0.6) is 5.75 Å². The number of rotatable bonds is 3. The van der Waals surface area contributed by atoms with Gasteiger partial charge in [-0.3, -0.25) is 0 Å². The Hall–Kier alpha value is -1.53. The molecular formula is C11H10BrClN4O. The molecule has 0 atom stereocenters. The molecule has 0 saturated heterocycles. The van der Waals surface area contributed by atoms with Gasteiger partial charge in [-0.15, -0.1) is 0 Å². The second-order valence-corrected chi connectivity index (χ2v) is 4.66. The van der Waals surface area contributed by atoms with Crippen molar-refractivity contribution in [1.82, 2.24) is 9.97 Å². The fraction of sp³-hybridized carbons (Fsp3) is 0.0909. The van der Waals surface area contributed by atoms with E-state index in [1.807, 2.05) is 6.07 Å². The number of hydrogen-bond acceptors (Lipinski definition) is 5. The van der Waals surface area contributed by atoms with E-state index in [0.29, 0.717) is 21.1 Å². The standard InChI is InChI=1S/C11H10BrClN4O/c1-18-9-4-6(2-3-8(9)13)16-10-7(12)5-15-11(14)17-10/h2-5H,1H3,(H3,14,15,16,17). The molecule has 1 heterocycles. The van der Waals surface area contributed by atoms with E-state index in [1.165, 1.54) is 0 Å². The highest BCUT2D eigenvalue weighted by molar-refractivity contribution is 9.10. The van der Waals surface area contributed by atoms with E-state index in [0.717, 1.165) is 5.69 Å². The zero-order chi connectivity index (χ0) is 13.1. The molecule has 2 rings (SSSR count). The first-order chi connectivity index (χ1) is 8.60. The van der Waals surface area contributed by atoms with Gasteiger partial charge in [0, 0.05) is 18.0 Å². The number of benzene rings is 1. The molecule has 0 fully saturated rings. The monoisotopic (exact) mass is 328 g/mol. The summed E-state index contributed by atoms with van der Waals surface area (Å²) < 4.78 is 5.85. The molecule has 94 valence electrons. The Morgan fingerprint density at radius 1 is 1.44 bits per heavy atom. The van der Waals surface area contributed by atoms with Crippen LogP contribution in [0.25, 0.3) is 0 Å². The number of anilines is 3. The van der Waals surface area contributed by atoms with Gasteiger partial charge in [-0.2, -0.15) is 4.98 Å². The number of halogens is 2. The van der Waals surface area contributed by atoms with Crippen molar-refractivity contribution < 1.29 is 4.74 Å². The Morgan fingerprint density at radius 2 is 2.22 bits per heavy atom. The quantitative estimate of drug-likeness (QED) is 0.904. The number of aromatic nitrogens is 2. The lowest BCUT2D eigenvalue weighted by Gasteiger charge is -2.10. The van der Waals surface area contributed by atoms with Gasteiger partial charge >= 0.3 is 0 Å². The topological polar surface area (TPSA) is 73.1 Å². The molecule has 0 aliphatic heterocycles. The largest absolute Gasteiger partial charge is 0.495 e. The molecule has 5 nitrogen and oxygen atoms in total. The highest BCUT2D eigenvalue weighted by atomic mass is 79.9. The van der Waals surface area contributed by atoms with Gasteiger partial charge in [-0.05, 0) is 28.1 Å². The molecule has 3 N–H and O–H groups in total. The highest BCUT2D eigenvalue weighted by Crippen LogP contribution is 2.30. The molecule has 0 amide bonds. The van der Waals surface area contributed by atoms with Crippen molar-refractivity contribution >= 4 is 45.0 Å². The minimum absolute atomic E-state index is 0.196. The molecular weight excluding hydrogens is 320 g/mol. The highest BCUT2D eigenvalue weighted by Gasteiger charge is 2.06. The van der Waals surface area contributed by atoms with E-state index in [1.54, 1.807) is 25.4 Å². The molecule has 0 aliphatic carbocycles. The Morgan fingerprint density at radius 3 is 2.94 bits per heavy atom. The summed E-state index contributed by atoms with van der Waals surface area (Å²) in [5.41, 5.74) is 6.32. The number of ether oxygens (including phenoxy) is 1. The summed E-state index contributed by atoms with van der Waals surface area (Å²) in [4.78, 5) is 7.94. The van der Waals surface area contributed by atoms with Gasteiger partial charge in [0.25, 0.3) is 0 Å². The van der Waals surface area contributed by atoms with Gasteiger partial charge in [0.05, 0.1) is 16.6 Å². The van der Waals surface area contributed by atoms with E-state index >= 15 is 0 Å². The van der Waals surface area contributed by atoms with Gasteiger partial charge in [0.15, 0.2) is 0 Å². The first kappa shape index (κ1) is 12.9. The number of nitrogens with zero attached hydrogens (tertiary/aromatic N) is 2. The predicted molar refractivity (Wildman–Crippen MR) is 75.4 cm³/mol. The number of nitrogen functional groups attached to an aromatic ring is 1. The van der Waals surface area contributed by atoms with Crippen LogP contribution in [0.1, 0.15) is 0 Å². The number of hydrogen-bond donors (Lipinski definition) is 2. The molecule has 0 radical (unpaired) electrons. The molecule has 0 bridgehead atoms. The summed E-state index contributed by atoms with van der Waals surface area (Å²) in [6, 6.07) is 5.32. The maximum Gasteiger partial charge on any atom is 0.222 e. The lowest BCUT2D eigenvalue weighted by molar-refractivity contribution is 0.415. The van der Waals surface area contributed by atoms with Crippen LogP contribution < -0.4 is 15.8 Å². The van der Waals surface area contributed by atoms with Crippen molar-refractivity contribution in [2.45, 2.75) is 0 Å². The first-order valence-electron chi connectivity index (χ1n) is 4.98. The minimum atomic E-state index is 0.196. The van der Waals surface area contributed by atoms with E-state index in [-0.39, 0.29) is 5.95 Å². The second kappa shape index (κ2) is 5.41. The van der Waals surface area contributed by atoms with Crippen molar-refractivity contribution in [3.8, 4) is 5.75 Å². The average Bonchev–Trinajstić information content (AvgIpc) is 2.36.